The second kappa shape index (κ2) is 11.4. The van der Waals surface area contributed by atoms with Crippen molar-refractivity contribution in [3.63, 3.8) is 0 Å². The molecule has 0 aliphatic heterocycles. The van der Waals surface area contributed by atoms with E-state index in [4.69, 9.17) is 4.74 Å². The molecule has 36 heavy (non-hydrogen) atoms. The SMILES string of the molecule is CC.COc1ccc(NCc2cccc(CN(C)c3ccc(O)c4ncccc34)c2)c2cccnc12. The molecule has 0 saturated heterocycles. The number of pyridine rings is 2. The lowest BCUT2D eigenvalue weighted by Gasteiger charge is -2.22. The van der Waals surface area contributed by atoms with Crippen molar-refractivity contribution in [1.82, 2.24) is 9.97 Å². The van der Waals surface area contributed by atoms with Crippen LogP contribution in [0.25, 0.3) is 21.8 Å². The maximum absolute atomic E-state index is 10.2. The van der Waals surface area contributed by atoms with E-state index in [1.165, 1.54) is 11.1 Å². The van der Waals surface area contributed by atoms with Gasteiger partial charge < -0.3 is 20.1 Å². The molecule has 184 valence electrons. The Morgan fingerprint density at radius 3 is 2.33 bits per heavy atom. The normalized spacial score (nSPS) is 10.6. The zero-order valence-corrected chi connectivity index (χ0v) is 21.2. The Morgan fingerprint density at radius 1 is 0.833 bits per heavy atom. The van der Waals surface area contributed by atoms with Crippen LogP contribution < -0.4 is 15.0 Å². The zero-order chi connectivity index (χ0) is 25.5. The van der Waals surface area contributed by atoms with Crippen molar-refractivity contribution >= 4 is 33.2 Å². The molecule has 0 spiro atoms. The number of aromatic nitrogens is 2. The highest BCUT2D eigenvalue weighted by Crippen LogP contribution is 2.32. The van der Waals surface area contributed by atoms with Crippen LogP contribution in [-0.4, -0.2) is 29.2 Å². The summed E-state index contributed by atoms with van der Waals surface area (Å²) in [7, 11) is 3.72. The van der Waals surface area contributed by atoms with Crippen molar-refractivity contribution in [2.75, 3.05) is 24.4 Å². The Balaban J connectivity index is 0.00000148. The quantitative estimate of drug-likeness (QED) is 0.268. The van der Waals surface area contributed by atoms with Crippen LogP contribution in [0.2, 0.25) is 0 Å². The topological polar surface area (TPSA) is 70.5 Å². The predicted octanol–water partition coefficient (Wildman–Crippen LogP) is 6.77. The summed E-state index contributed by atoms with van der Waals surface area (Å²) in [6.45, 7) is 5.43. The first kappa shape index (κ1) is 24.8. The number of rotatable bonds is 7. The molecule has 6 heteroatoms. The Hall–Kier alpha value is -4.32. The smallest absolute Gasteiger partial charge is 0.145 e. The van der Waals surface area contributed by atoms with E-state index in [1.807, 2.05) is 50.2 Å². The fourth-order valence-electron chi connectivity index (χ4n) is 4.34. The number of fused-ring (bicyclic) bond motifs is 2. The number of anilines is 2. The van der Waals surface area contributed by atoms with Gasteiger partial charge in [-0.15, -0.1) is 0 Å². The number of phenolic OH excluding ortho intramolecular Hbond substituents is 1. The summed E-state index contributed by atoms with van der Waals surface area (Å²) in [5.74, 6) is 0.963. The molecule has 0 unspecified atom stereocenters. The van der Waals surface area contributed by atoms with Gasteiger partial charge in [0.05, 0.1) is 7.11 Å². The largest absolute Gasteiger partial charge is 0.506 e. The number of aromatic hydroxyl groups is 1. The third-order valence-electron chi connectivity index (χ3n) is 5.98. The Labute approximate surface area is 212 Å². The summed E-state index contributed by atoms with van der Waals surface area (Å²) in [6, 6.07) is 24.0. The lowest BCUT2D eigenvalue weighted by atomic mass is 10.1. The molecule has 2 N–H and O–H groups in total. The molecule has 3 aromatic carbocycles. The number of benzene rings is 3. The van der Waals surface area contributed by atoms with Gasteiger partial charge in [-0.05, 0) is 59.7 Å². The Kier molecular flexibility index (Phi) is 7.85. The lowest BCUT2D eigenvalue weighted by molar-refractivity contribution is 0.419. The molecule has 6 nitrogen and oxygen atoms in total. The molecule has 0 saturated carbocycles. The van der Waals surface area contributed by atoms with E-state index in [1.54, 1.807) is 25.6 Å². The second-order valence-electron chi connectivity index (χ2n) is 8.25. The lowest BCUT2D eigenvalue weighted by Crippen LogP contribution is -2.17. The highest BCUT2D eigenvalue weighted by Gasteiger charge is 2.11. The van der Waals surface area contributed by atoms with E-state index in [2.05, 4.69) is 57.6 Å². The Morgan fingerprint density at radius 2 is 1.56 bits per heavy atom. The average Bonchev–Trinajstić information content (AvgIpc) is 2.93. The molecule has 0 aliphatic rings. The standard InChI is InChI=1S/C28H26N4O2.C2H6/c1-32(24-11-12-25(33)27-22(24)9-5-14-29-27)18-20-7-3-6-19(16-20)17-31-23-10-13-26(34-2)28-21(23)8-4-15-30-28;1-2/h3-16,31,33H,17-18H2,1-2H3;1-2H3. The first-order valence-electron chi connectivity index (χ1n) is 12.2. The van der Waals surface area contributed by atoms with Crippen LogP contribution in [0.15, 0.2) is 85.2 Å². The van der Waals surface area contributed by atoms with Gasteiger partial charge in [-0.25, -0.2) is 0 Å². The number of nitrogens with zero attached hydrogens (tertiary/aromatic N) is 3. The van der Waals surface area contributed by atoms with Crippen LogP contribution in [0.1, 0.15) is 25.0 Å². The fourth-order valence-corrected chi connectivity index (χ4v) is 4.34. The molecule has 0 aliphatic carbocycles. The molecule has 0 fully saturated rings. The summed E-state index contributed by atoms with van der Waals surface area (Å²) in [4.78, 5) is 11.0. The second-order valence-corrected chi connectivity index (χ2v) is 8.25. The summed E-state index contributed by atoms with van der Waals surface area (Å²) in [5.41, 5.74) is 5.91. The number of ether oxygens (including phenoxy) is 1. The number of nitrogens with one attached hydrogen (secondary N) is 1. The molecular weight excluding hydrogens is 448 g/mol. The van der Waals surface area contributed by atoms with Gasteiger partial charge in [0, 0.05) is 54.7 Å². The van der Waals surface area contributed by atoms with Crippen LogP contribution >= 0.6 is 0 Å². The molecule has 2 heterocycles. The van der Waals surface area contributed by atoms with Crippen LogP contribution in [0.3, 0.4) is 0 Å². The third kappa shape index (κ3) is 5.18. The first-order valence-corrected chi connectivity index (χ1v) is 12.2. The molecule has 5 aromatic rings. The van der Waals surface area contributed by atoms with Crippen molar-refractivity contribution in [2.24, 2.45) is 0 Å². The van der Waals surface area contributed by atoms with Crippen molar-refractivity contribution in [3.8, 4) is 11.5 Å². The predicted molar refractivity (Wildman–Crippen MR) is 149 cm³/mol. The van der Waals surface area contributed by atoms with E-state index in [0.29, 0.717) is 12.1 Å². The minimum atomic E-state index is 0.196. The van der Waals surface area contributed by atoms with Gasteiger partial charge in [-0.3, -0.25) is 9.97 Å². The highest BCUT2D eigenvalue weighted by atomic mass is 16.5. The van der Waals surface area contributed by atoms with Crippen molar-refractivity contribution in [2.45, 2.75) is 26.9 Å². The maximum Gasteiger partial charge on any atom is 0.145 e. The van der Waals surface area contributed by atoms with Crippen LogP contribution in [0.5, 0.6) is 11.5 Å². The average molecular weight is 481 g/mol. The van der Waals surface area contributed by atoms with E-state index < -0.39 is 0 Å². The summed E-state index contributed by atoms with van der Waals surface area (Å²) in [6.07, 6.45) is 3.48. The Bertz CT molecular complexity index is 1470. The van der Waals surface area contributed by atoms with E-state index in [9.17, 15) is 5.11 Å². The van der Waals surface area contributed by atoms with Gasteiger partial charge in [0.1, 0.15) is 22.5 Å². The molecule has 0 bridgehead atoms. The maximum atomic E-state index is 10.2. The van der Waals surface area contributed by atoms with Gasteiger partial charge in [-0.2, -0.15) is 0 Å². The number of phenols is 1. The summed E-state index contributed by atoms with van der Waals surface area (Å²) in [5, 5.41) is 15.7. The van der Waals surface area contributed by atoms with Gasteiger partial charge in [0.15, 0.2) is 0 Å². The number of methoxy groups -OCH3 is 1. The summed E-state index contributed by atoms with van der Waals surface area (Å²) < 4.78 is 5.45. The van der Waals surface area contributed by atoms with Crippen LogP contribution in [0.4, 0.5) is 11.4 Å². The minimum Gasteiger partial charge on any atom is -0.506 e. The van der Waals surface area contributed by atoms with Crippen molar-refractivity contribution < 1.29 is 9.84 Å². The van der Waals surface area contributed by atoms with E-state index >= 15 is 0 Å². The first-order chi connectivity index (χ1) is 17.6. The molecule has 0 atom stereocenters. The zero-order valence-electron chi connectivity index (χ0n) is 21.2. The molecule has 0 radical (unpaired) electrons. The van der Waals surface area contributed by atoms with Crippen molar-refractivity contribution in [3.05, 3.63) is 96.3 Å². The van der Waals surface area contributed by atoms with Crippen molar-refractivity contribution in [1.29, 1.82) is 0 Å². The summed E-state index contributed by atoms with van der Waals surface area (Å²) >= 11 is 0. The highest BCUT2D eigenvalue weighted by molar-refractivity contribution is 5.96. The molecular formula is C30H32N4O2. The minimum absolute atomic E-state index is 0.196. The third-order valence-corrected chi connectivity index (χ3v) is 5.98. The molecule has 0 amide bonds. The van der Waals surface area contributed by atoms with Gasteiger partial charge in [0.25, 0.3) is 0 Å². The van der Waals surface area contributed by atoms with Gasteiger partial charge in [-0.1, -0.05) is 38.1 Å². The molecule has 2 aromatic heterocycles. The monoisotopic (exact) mass is 480 g/mol. The number of hydrogen-bond donors (Lipinski definition) is 2. The van der Waals surface area contributed by atoms with E-state index in [0.717, 1.165) is 40.0 Å². The number of hydrogen-bond acceptors (Lipinski definition) is 6. The van der Waals surface area contributed by atoms with Crippen LogP contribution in [-0.2, 0) is 13.1 Å². The van der Waals surface area contributed by atoms with Gasteiger partial charge >= 0.3 is 0 Å². The van der Waals surface area contributed by atoms with Crippen LogP contribution in [0, 0.1) is 0 Å². The fraction of sp³-hybridized carbons (Fsp3) is 0.200. The van der Waals surface area contributed by atoms with E-state index in [-0.39, 0.29) is 5.75 Å². The van der Waals surface area contributed by atoms with Gasteiger partial charge in [0.2, 0.25) is 0 Å². The molecule has 5 rings (SSSR count).